The first-order valence-corrected chi connectivity index (χ1v) is 11.0. The second kappa shape index (κ2) is 12.9. The molecule has 5 rings (SSSR count). The third-order valence-corrected chi connectivity index (χ3v) is 5.37. The van der Waals surface area contributed by atoms with Crippen molar-refractivity contribution in [3.05, 3.63) is 120 Å². The number of rotatable bonds is 2. The highest BCUT2D eigenvalue weighted by Gasteiger charge is 1.95. The molecule has 0 saturated carbocycles. The summed E-state index contributed by atoms with van der Waals surface area (Å²) < 4.78 is 0. The first kappa shape index (κ1) is 25.5. The maximum Gasteiger partial charge on any atom is 0.123 e. The lowest BCUT2D eigenvalue weighted by Gasteiger charge is -1.97. The summed E-state index contributed by atoms with van der Waals surface area (Å²) in [4.78, 5) is 0. The average molecular weight is 439 g/mol. The summed E-state index contributed by atoms with van der Waals surface area (Å²) in [6, 6.07) is 35.4. The van der Waals surface area contributed by atoms with E-state index in [2.05, 4.69) is 38.1 Å². The quantitative estimate of drug-likeness (QED) is 0.290. The van der Waals surface area contributed by atoms with Gasteiger partial charge in [0, 0.05) is 10.8 Å². The zero-order chi connectivity index (χ0) is 22.8. The van der Waals surface area contributed by atoms with Gasteiger partial charge in [-0.15, -0.1) is 0 Å². The van der Waals surface area contributed by atoms with Gasteiger partial charge in [0.1, 0.15) is 11.5 Å². The lowest BCUT2D eigenvalue weighted by atomic mass is 10.1. The van der Waals surface area contributed by atoms with Crippen LogP contribution in [0.15, 0.2) is 109 Å². The molecule has 0 aromatic heterocycles. The molecule has 0 amide bonds. The molecule has 0 saturated heterocycles. The van der Waals surface area contributed by atoms with E-state index in [0.29, 0.717) is 11.5 Å². The molecule has 0 aliphatic heterocycles. The lowest BCUT2D eigenvalue weighted by molar-refractivity contribution is 0.481. The zero-order valence-electron chi connectivity index (χ0n) is 18.7. The van der Waals surface area contributed by atoms with E-state index >= 15 is 0 Å². The highest BCUT2D eigenvalue weighted by atomic mass is 16.3. The number of benzene rings is 5. The van der Waals surface area contributed by atoms with Crippen LogP contribution in [-0.2, 0) is 12.8 Å². The van der Waals surface area contributed by atoms with Crippen molar-refractivity contribution < 1.29 is 10.2 Å². The van der Waals surface area contributed by atoms with Crippen molar-refractivity contribution in [1.82, 2.24) is 0 Å². The van der Waals surface area contributed by atoms with Gasteiger partial charge in [-0.3, -0.25) is 0 Å². The Balaban J connectivity index is 0.000000173. The Hall–Kier alpha value is -3.78. The van der Waals surface area contributed by atoms with Gasteiger partial charge in [-0.25, -0.2) is 0 Å². The summed E-state index contributed by atoms with van der Waals surface area (Å²) in [7, 11) is 0. The van der Waals surface area contributed by atoms with E-state index < -0.39 is 0 Å². The first-order valence-electron chi connectivity index (χ1n) is 11.0. The maximum absolute atomic E-state index is 9.37. The first-order chi connectivity index (χ1) is 15.6. The van der Waals surface area contributed by atoms with Crippen LogP contribution in [0.1, 0.15) is 32.4 Å². The summed E-state index contributed by atoms with van der Waals surface area (Å²) >= 11 is 0. The normalized spacial score (nSPS) is 9.76. The fraction of sp³-hybridized carbons (Fsp3) is 0.161. The third-order valence-electron chi connectivity index (χ3n) is 5.37. The molecule has 5 aromatic rings. The second-order valence-corrected chi connectivity index (χ2v) is 7.52. The molecular formula is C31H34O2. The van der Waals surface area contributed by atoms with Gasteiger partial charge in [0.15, 0.2) is 0 Å². The lowest BCUT2D eigenvalue weighted by Crippen LogP contribution is -1.81. The Labute approximate surface area is 197 Å². The van der Waals surface area contributed by atoms with Crippen LogP contribution in [0.25, 0.3) is 21.5 Å². The summed E-state index contributed by atoms with van der Waals surface area (Å²) in [6.07, 6.45) is 2.29. The number of aryl methyl sites for hydroxylation is 2. The van der Waals surface area contributed by atoms with Gasteiger partial charge >= 0.3 is 0 Å². The van der Waals surface area contributed by atoms with Crippen LogP contribution in [0.3, 0.4) is 0 Å². The van der Waals surface area contributed by atoms with Crippen LogP contribution in [0, 0.1) is 0 Å². The van der Waals surface area contributed by atoms with Crippen LogP contribution in [0.5, 0.6) is 11.5 Å². The molecule has 2 heteroatoms. The number of hydrogen-bond acceptors (Lipinski definition) is 2. The fourth-order valence-corrected chi connectivity index (χ4v) is 3.43. The van der Waals surface area contributed by atoms with E-state index in [0.717, 1.165) is 34.4 Å². The van der Waals surface area contributed by atoms with E-state index in [4.69, 9.17) is 0 Å². The van der Waals surface area contributed by atoms with Gasteiger partial charge < -0.3 is 10.2 Å². The van der Waals surface area contributed by atoms with E-state index in [1.54, 1.807) is 12.1 Å². The number of fused-ring (bicyclic) bond motifs is 2. The van der Waals surface area contributed by atoms with Gasteiger partial charge in [0.05, 0.1) is 0 Å². The van der Waals surface area contributed by atoms with Crippen molar-refractivity contribution in [2.45, 2.75) is 34.1 Å². The highest BCUT2D eigenvalue weighted by molar-refractivity contribution is 5.88. The van der Waals surface area contributed by atoms with Crippen LogP contribution in [-0.4, -0.2) is 10.2 Å². The molecule has 33 heavy (non-hydrogen) atoms. The topological polar surface area (TPSA) is 40.5 Å². The number of phenolic OH excluding ortho intramolecular Hbond substituents is 2. The van der Waals surface area contributed by atoms with Crippen molar-refractivity contribution in [2.75, 3.05) is 0 Å². The Morgan fingerprint density at radius 3 is 1.12 bits per heavy atom. The zero-order valence-corrected chi connectivity index (χ0v) is 18.7. The molecule has 5 aromatic carbocycles. The smallest absolute Gasteiger partial charge is 0.123 e. The van der Waals surface area contributed by atoms with Crippen molar-refractivity contribution in [3.63, 3.8) is 0 Å². The second-order valence-electron chi connectivity index (χ2n) is 7.52. The molecule has 0 spiro atoms. The maximum atomic E-state index is 9.37. The van der Waals surface area contributed by atoms with Crippen LogP contribution < -0.4 is 0 Å². The van der Waals surface area contributed by atoms with Crippen molar-refractivity contribution in [1.29, 1.82) is 0 Å². The number of phenols is 2. The fourth-order valence-electron chi connectivity index (χ4n) is 3.43. The average Bonchev–Trinajstić information content (AvgIpc) is 2.86. The van der Waals surface area contributed by atoms with Crippen molar-refractivity contribution >= 4 is 21.5 Å². The Morgan fingerprint density at radius 2 is 0.788 bits per heavy atom. The minimum absolute atomic E-state index is 0. The molecule has 2 nitrogen and oxygen atoms in total. The molecule has 0 atom stereocenters. The predicted octanol–water partition coefficient (Wildman–Crippen LogP) is 8.54. The van der Waals surface area contributed by atoms with Gasteiger partial charge in [0.2, 0.25) is 0 Å². The molecular weight excluding hydrogens is 404 g/mol. The van der Waals surface area contributed by atoms with Crippen molar-refractivity contribution in [3.8, 4) is 11.5 Å². The molecule has 0 unspecified atom stereocenters. The Kier molecular flexibility index (Phi) is 9.98. The van der Waals surface area contributed by atoms with Gasteiger partial charge in [-0.05, 0) is 46.9 Å². The molecule has 0 aliphatic carbocycles. The summed E-state index contributed by atoms with van der Waals surface area (Å²) in [6.45, 7) is 4.36. The molecule has 0 radical (unpaired) electrons. The van der Waals surface area contributed by atoms with Crippen LogP contribution >= 0.6 is 0 Å². The monoisotopic (exact) mass is 438 g/mol. The van der Waals surface area contributed by atoms with E-state index in [1.807, 2.05) is 72.8 Å². The number of hydrogen-bond donors (Lipinski definition) is 2. The third kappa shape index (κ3) is 7.11. The predicted molar refractivity (Wildman–Crippen MR) is 143 cm³/mol. The molecule has 0 fully saturated rings. The SMILES string of the molecule is C.CCc1ccc(CC)cc1.Oc1cccc2ccccc12.Oc1cccc2ccccc12. The molecule has 0 bridgehead atoms. The van der Waals surface area contributed by atoms with Crippen LogP contribution in [0.4, 0.5) is 0 Å². The van der Waals surface area contributed by atoms with Crippen molar-refractivity contribution in [2.24, 2.45) is 0 Å². The minimum Gasteiger partial charge on any atom is -0.507 e. The standard InChI is InChI=1S/2C10H8O.C10H14.CH4/c2*11-10-7-3-5-8-4-1-2-6-9(8)10;1-3-9-5-7-10(4-2)8-6-9;/h2*1-7,11H;5-8H,3-4H2,1-2H3;1H4. The van der Waals surface area contributed by atoms with E-state index in [-0.39, 0.29) is 7.43 Å². The summed E-state index contributed by atoms with van der Waals surface area (Å²) in [5.41, 5.74) is 2.86. The molecule has 170 valence electrons. The van der Waals surface area contributed by atoms with E-state index in [1.165, 1.54) is 11.1 Å². The summed E-state index contributed by atoms with van der Waals surface area (Å²) in [5.74, 6) is 0.700. The Morgan fingerprint density at radius 1 is 0.455 bits per heavy atom. The molecule has 0 heterocycles. The largest absolute Gasteiger partial charge is 0.507 e. The summed E-state index contributed by atoms with van der Waals surface area (Å²) in [5, 5.41) is 22.7. The van der Waals surface area contributed by atoms with Gasteiger partial charge in [-0.2, -0.15) is 0 Å². The molecule has 0 aliphatic rings. The van der Waals surface area contributed by atoms with Gasteiger partial charge in [0.25, 0.3) is 0 Å². The van der Waals surface area contributed by atoms with Crippen LogP contribution in [0.2, 0.25) is 0 Å². The minimum atomic E-state index is 0. The molecule has 2 N–H and O–H groups in total. The van der Waals surface area contributed by atoms with E-state index in [9.17, 15) is 10.2 Å². The number of aromatic hydroxyl groups is 2. The Bertz CT molecular complexity index is 1150. The highest BCUT2D eigenvalue weighted by Crippen LogP contribution is 2.23. The van der Waals surface area contributed by atoms with Gasteiger partial charge in [-0.1, -0.05) is 118 Å².